The minimum atomic E-state index is -1.03. The first-order valence-electron chi connectivity index (χ1n) is 10.4. The number of nitriles is 1. The van der Waals surface area contributed by atoms with Crippen LogP contribution in [-0.4, -0.2) is 40.6 Å². The number of hydrogen-bond donors (Lipinski definition) is 4. The van der Waals surface area contributed by atoms with Gasteiger partial charge in [-0.3, -0.25) is 14.6 Å². The smallest absolute Gasteiger partial charge is 0.251 e. The largest absolute Gasteiger partial charge is 0.372 e. The Kier molecular flexibility index (Phi) is 6.29. The zero-order valence-electron chi connectivity index (χ0n) is 18.5. The topological polar surface area (TPSA) is 131 Å². The second kappa shape index (κ2) is 8.76. The van der Waals surface area contributed by atoms with Crippen LogP contribution in [0.15, 0.2) is 23.1 Å². The van der Waals surface area contributed by atoms with Crippen LogP contribution in [0.5, 0.6) is 0 Å². The molecular formula is C22H29N7O2. The minimum absolute atomic E-state index is 0.0688. The summed E-state index contributed by atoms with van der Waals surface area (Å²) in [4.78, 5) is 34.7. The van der Waals surface area contributed by atoms with Crippen LogP contribution < -0.4 is 21.3 Å². The molecule has 0 aromatic carbocycles. The van der Waals surface area contributed by atoms with Crippen molar-refractivity contribution in [2.45, 2.75) is 65.1 Å². The molecule has 2 heterocycles. The van der Waals surface area contributed by atoms with Gasteiger partial charge in [0.25, 0.3) is 5.91 Å². The van der Waals surface area contributed by atoms with Crippen LogP contribution in [0.2, 0.25) is 0 Å². The van der Waals surface area contributed by atoms with Crippen LogP contribution in [0.3, 0.4) is 0 Å². The molecule has 1 aliphatic heterocycles. The summed E-state index contributed by atoms with van der Waals surface area (Å²) in [5, 5.41) is 21.4. The highest BCUT2D eigenvalue weighted by Gasteiger charge is 2.41. The molecule has 4 N–H and O–H groups in total. The van der Waals surface area contributed by atoms with Crippen LogP contribution in [-0.2, 0) is 9.59 Å². The third-order valence-corrected chi connectivity index (χ3v) is 5.37. The van der Waals surface area contributed by atoms with Gasteiger partial charge in [0.15, 0.2) is 0 Å². The zero-order valence-corrected chi connectivity index (χ0v) is 18.5. The average molecular weight is 424 g/mol. The maximum absolute atomic E-state index is 13.2. The molecule has 0 radical (unpaired) electrons. The summed E-state index contributed by atoms with van der Waals surface area (Å²) in [6, 6.07) is 1.49. The number of allylic oxidation sites excluding steroid dienone is 1. The van der Waals surface area contributed by atoms with Gasteiger partial charge in [0, 0.05) is 24.7 Å². The van der Waals surface area contributed by atoms with Crippen molar-refractivity contribution in [3.63, 3.8) is 0 Å². The van der Waals surface area contributed by atoms with Gasteiger partial charge < -0.3 is 21.3 Å². The van der Waals surface area contributed by atoms with Gasteiger partial charge in [-0.05, 0) is 58.9 Å². The molecule has 0 bridgehead atoms. The average Bonchev–Trinajstić information content (AvgIpc) is 3.55. The van der Waals surface area contributed by atoms with Gasteiger partial charge in [-0.2, -0.15) is 5.26 Å². The van der Waals surface area contributed by atoms with E-state index in [1.807, 2.05) is 20.8 Å². The molecule has 1 aliphatic carbocycles. The van der Waals surface area contributed by atoms with Crippen molar-refractivity contribution in [1.29, 1.82) is 5.26 Å². The molecule has 1 unspecified atom stereocenters. The molecular weight excluding hydrogens is 394 g/mol. The molecule has 31 heavy (non-hydrogen) atoms. The van der Waals surface area contributed by atoms with Gasteiger partial charge >= 0.3 is 0 Å². The second-order valence-electron chi connectivity index (χ2n) is 8.60. The summed E-state index contributed by atoms with van der Waals surface area (Å²) < 4.78 is 0. The normalized spacial score (nSPS) is 20.9. The summed E-state index contributed by atoms with van der Waals surface area (Å²) in [5.41, 5.74) is 1.21. The molecule has 0 saturated heterocycles. The minimum Gasteiger partial charge on any atom is -0.372 e. The van der Waals surface area contributed by atoms with Gasteiger partial charge in [-0.25, -0.2) is 4.98 Å². The van der Waals surface area contributed by atoms with E-state index in [1.165, 1.54) is 6.20 Å². The Morgan fingerprint density at radius 2 is 2.03 bits per heavy atom. The fourth-order valence-electron chi connectivity index (χ4n) is 3.25. The van der Waals surface area contributed by atoms with Crippen molar-refractivity contribution in [3.8, 4) is 6.07 Å². The molecule has 2 amide bonds. The van der Waals surface area contributed by atoms with Crippen LogP contribution in [0.4, 0.5) is 11.5 Å². The molecule has 1 aromatic rings. The molecule has 1 fully saturated rings. The fourth-order valence-corrected chi connectivity index (χ4v) is 3.25. The first kappa shape index (κ1) is 22.3. The van der Waals surface area contributed by atoms with Gasteiger partial charge in [0.05, 0.1) is 16.9 Å². The molecule has 3 rings (SSSR count). The summed E-state index contributed by atoms with van der Waals surface area (Å²) in [6.07, 6.45) is 6.44. The zero-order chi connectivity index (χ0) is 22.8. The summed E-state index contributed by atoms with van der Waals surface area (Å²) in [5.74, 6) is -0.0902. The number of aromatic nitrogens is 1. The van der Waals surface area contributed by atoms with E-state index >= 15 is 0 Å². The lowest BCUT2D eigenvalue weighted by molar-refractivity contribution is -0.129. The maximum Gasteiger partial charge on any atom is 0.251 e. The maximum atomic E-state index is 13.2. The number of anilines is 2. The Balaban J connectivity index is 1.81. The highest BCUT2D eigenvalue weighted by atomic mass is 16.2. The predicted molar refractivity (Wildman–Crippen MR) is 120 cm³/mol. The molecule has 9 nitrogen and oxygen atoms in total. The van der Waals surface area contributed by atoms with E-state index in [0.717, 1.165) is 18.5 Å². The van der Waals surface area contributed by atoms with E-state index in [0.29, 0.717) is 22.6 Å². The number of hydrogen-bond acceptors (Lipinski definition) is 7. The number of pyridine rings is 1. The van der Waals surface area contributed by atoms with Gasteiger partial charge in [-0.1, -0.05) is 0 Å². The van der Waals surface area contributed by atoms with Crippen molar-refractivity contribution in [3.05, 3.63) is 29.2 Å². The predicted octanol–water partition coefficient (Wildman–Crippen LogP) is 2.21. The van der Waals surface area contributed by atoms with E-state index in [2.05, 4.69) is 37.3 Å². The van der Waals surface area contributed by atoms with E-state index < -0.39 is 11.6 Å². The van der Waals surface area contributed by atoms with Crippen molar-refractivity contribution >= 4 is 29.5 Å². The molecule has 2 atom stereocenters. The highest BCUT2D eigenvalue weighted by molar-refractivity contribution is 6.07. The second-order valence-corrected chi connectivity index (χ2v) is 8.60. The highest BCUT2D eigenvalue weighted by Crippen LogP contribution is 2.34. The van der Waals surface area contributed by atoms with Crippen LogP contribution >= 0.6 is 0 Å². The van der Waals surface area contributed by atoms with Gasteiger partial charge in [0.2, 0.25) is 5.91 Å². The third kappa shape index (κ3) is 5.02. The summed E-state index contributed by atoms with van der Waals surface area (Å²) in [6.45, 7) is 9.24. The van der Waals surface area contributed by atoms with Crippen molar-refractivity contribution in [2.24, 2.45) is 10.9 Å². The molecule has 9 heteroatoms. The third-order valence-electron chi connectivity index (χ3n) is 5.37. The number of rotatable bonds is 7. The lowest BCUT2D eigenvalue weighted by atomic mass is 10.0. The lowest BCUT2D eigenvalue weighted by Gasteiger charge is -2.30. The van der Waals surface area contributed by atoms with E-state index in [-0.39, 0.29) is 23.8 Å². The van der Waals surface area contributed by atoms with Gasteiger partial charge in [0.1, 0.15) is 23.5 Å². The number of aliphatic imine (C=N–C) groups is 1. The van der Waals surface area contributed by atoms with Gasteiger partial charge in [-0.15, -0.1) is 0 Å². The van der Waals surface area contributed by atoms with Crippen LogP contribution in [0.25, 0.3) is 0 Å². The Morgan fingerprint density at radius 1 is 1.32 bits per heavy atom. The fraction of sp³-hybridized carbons (Fsp3) is 0.500. The monoisotopic (exact) mass is 423 g/mol. The molecule has 1 saturated carbocycles. The molecule has 164 valence electrons. The number of nitrogens with one attached hydrogen (secondary N) is 4. The standard InChI is InChI=1S/C22H29N7O2/c1-12(2)27-19-17(14(4)16(8-23)10-24-19)28-20(30)18(15-6-7-15)29-21(31)22(5)11-25-13(3)9-26-22/h9-12,15,18,26H,6-7H2,1-5H3,(H,24,27)(H,28,30)(H,29,31)/t18-,22?/m0/s1. The number of amides is 2. The lowest BCUT2D eigenvalue weighted by Crippen LogP contribution is -2.59. The van der Waals surface area contributed by atoms with Crippen molar-refractivity contribution in [1.82, 2.24) is 15.6 Å². The Labute approximate surface area is 182 Å². The SMILES string of the molecule is CC1=CNC(C)(C(=O)N[C@H](C(=O)Nc2c(NC(C)C)ncc(C#N)c2C)C2CC2)C=N1. The van der Waals surface area contributed by atoms with E-state index in [4.69, 9.17) is 0 Å². The number of carbonyl (C=O) groups is 2. The van der Waals surface area contributed by atoms with Crippen molar-refractivity contribution in [2.75, 3.05) is 10.6 Å². The first-order valence-corrected chi connectivity index (χ1v) is 10.4. The Morgan fingerprint density at radius 3 is 2.58 bits per heavy atom. The summed E-state index contributed by atoms with van der Waals surface area (Å²) in [7, 11) is 0. The Bertz CT molecular complexity index is 988. The quantitative estimate of drug-likeness (QED) is 0.532. The number of nitrogens with zero attached hydrogens (tertiary/aromatic N) is 3. The molecule has 0 spiro atoms. The Hall–Kier alpha value is -3.41. The van der Waals surface area contributed by atoms with Crippen molar-refractivity contribution < 1.29 is 9.59 Å². The molecule has 1 aromatic heterocycles. The first-order chi connectivity index (χ1) is 14.6. The van der Waals surface area contributed by atoms with Crippen LogP contribution in [0, 0.1) is 24.2 Å². The summed E-state index contributed by atoms with van der Waals surface area (Å²) >= 11 is 0. The van der Waals surface area contributed by atoms with E-state index in [1.54, 1.807) is 26.3 Å². The molecule has 2 aliphatic rings. The number of carbonyl (C=O) groups excluding carboxylic acids is 2. The van der Waals surface area contributed by atoms with E-state index in [9.17, 15) is 14.9 Å². The van der Waals surface area contributed by atoms with Crippen LogP contribution in [0.1, 0.15) is 51.7 Å².